The molecule has 0 fully saturated rings. The van der Waals surface area contributed by atoms with E-state index in [9.17, 15) is 4.39 Å². The van der Waals surface area contributed by atoms with Crippen LogP contribution in [0.2, 0.25) is 0 Å². The number of rotatable bonds is 2. The van der Waals surface area contributed by atoms with Gasteiger partial charge in [-0.1, -0.05) is 6.07 Å². The molecule has 0 radical (unpaired) electrons. The van der Waals surface area contributed by atoms with E-state index in [1.54, 1.807) is 29.9 Å². The third-order valence-electron chi connectivity index (χ3n) is 2.78. The highest BCUT2D eigenvalue weighted by molar-refractivity contribution is 7.71. The molecule has 6 heteroatoms. The Bertz CT molecular complexity index is 809. The number of aromatic amines is 1. The summed E-state index contributed by atoms with van der Waals surface area (Å²) in [7, 11) is 1.54. The summed E-state index contributed by atoms with van der Waals surface area (Å²) in [6.45, 7) is 0. The molecule has 0 saturated carbocycles. The van der Waals surface area contributed by atoms with Crippen LogP contribution in [0.1, 0.15) is 0 Å². The second-order valence-electron chi connectivity index (χ2n) is 3.97. The van der Waals surface area contributed by atoms with E-state index in [-0.39, 0.29) is 5.82 Å². The van der Waals surface area contributed by atoms with Crippen LogP contribution in [0.3, 0.4) is 0 Å². The highest BCUT2D eigenvalue weighted by atomic mass is 32.1. The first-order chi connectivity index (χ1) is 9.19. The van der Waals surface area contributed by atoms with E-state index in [0.717, 1.165) is 5.52 Å². The molecule has 1 N–H and O–H groups in total. The zero-order valence-electron chi connectivity index (χ0n) is 10.1. The van der Waals surface area contributed by atoms with Crippen molar-refractivity contribution in [2.75, 3.05) is 7.11 Å². The SMILES string of the molecule is COc1ccc2[nH]c(=S)n(-c3cccc(F)c3)c2n1. The number of nitrogens with one attached hydrogen (secondary N) is 1. The average Bonchev–Trinajstić information content (AvgIpc) is 2.73. The lowest BCUT2D eigenvalue weighted by molar-refractivity contribution is 0.399. The smallest absolute Gasteiger partial charge is 0.215 e. The van der Waals surface area contributed by atoms with E-state index in [2.05, 4.69) is 9.97 Å². The lowest BCUT2D eigenvalue weighted by atomic mass is 10.3. The molecule has 0 aliphatic carbocycles. The molecule has 2 heterocycles. The van der Waals surface area contributed by atoms with Gasteiger partial charge in [0.2, 0.25) is 5.88 Å². The fourth-order valence-electron chi connectivity index (χ4n) is 1.93. The highest BCUT2D eigenvalue weighted by Crippen LogP contribution is 2.20. The van der Waals surface area contributed by atoms with Crippen molar-refractivity contribution in [3.05, 3.63) is 47.0 Å². The van der Waals surface area contributed by atoms with Crippen molar-refractivity contribution in [1.29, 1.82) is 0 Å². The van der Waals surface area contributed by atoms with Crippen LogP contribution in [0.5, 0.6) is 5.88 Å². The van der Waals surface area contributed by atoms with Crippen LogP contribution in [0, 0.1) is 10.6 Å². The van der Waals surface area contributed by atoms with Gasteiger partial charge < -0.3 is 9.72 Å². The average molecular weight is 275 g/mol. The largest absolute Gasteiger partial charge is 0.481 e. The zero-order chi connectivity index (χ0) is 13.4. The molecule has 0 bridgehead atoms. The Morgan fingerprint density at radius 3 is 2.89 bits per heavy atom. The number of nitrogens with zero attached hydrogens (tertiary/aromatic N) is 2. The maximum Gasteiger partial charge on any atom is 0.215 e. The second kappa shape index (κ2) is 4.47. The molecule has 4 nitrogen and oxygen atoms in total. The number of methoxy groups -OCH3 is 1. The summed E-state index contributed by atoms with van der Waals surface area (Å²) >= 11 is 5.26. The number of halogens is 1. The van der Waals surface area contributed by atoms with Crippen LogP contribution >= 0.6 is 12.2 Å². The molecule has 96 valence electrons. The predicted octanol–water partition coefficient (Wildman–Crippen LogP) is 3.23. The number of fused-ring (bicyclic) bond motifs is 1. The van der Waals surface area contributed by atoms with Gasteiger partial charge in [0.15, 0.2) is 10.4 Å². The van der Waals surface area contributed by atoms with E-state index in [0.29, 0.717) is 22.0 Å². The third kappa shape index (κ3) is 2.00. The Balaban J connectivity index is 2.33. The zero-order valence-corrected chi connectivity index (χ0v) is 10.9. The monoisotopic (exact) mass is 275 g/mol. The minimum Gasteiger partial charge on any atom is -0.481 e. The van der Waals surface area contributed by atoms with Crippen molar-refractivity contribution < 1.29 is 9.13 Å². The molecule has 19 heavy (non-hydrogen) atoms. The van der Waals surface area contributed by atoms with Crippen molar-refractivity contribution in [1.82, 2.24) is 14.5 Å². The lowest BCUT2D eigenvalue weighted by Crippen LogP contribution is -1.97. The molecular formula is C13H10FN3OS. The topological polar surface area (TPSA) is 42.8 Å². The van der Waals surface area contributed by atoms with Gasteiger partial charge in [-0.05, 0) is 36.5 Å². The van der Waals surface area contributed by atoms with Crippen LogP contribution in [0.25, 0.3) is 16.9 Å². The first-order valence-corrected chi connectivity index (χ1v) is 6.01. The maximum absolute atomic E-state index is 13.3. The van der Waals surface area contributed by atoms with Gasteiger partial charge in [0.25, 0.3) is 0 Å². The van der Waals surface area contributed by atoms with E-state index >= 15 is 0 Å². The Morgan fingerprint density at radius 2 is 2.16 bits per heavy atom. The van der Waals surface area contributed by atoms with Crippen molar-refractivity contribution in [3.63, 3.8) is 0 Å². The molecule has 0 aliphatic heterocycles. The lowest BCUT2D eigenvalue weighted by Gasteiger charge is -2.04. The molecule has 0 spiro atoms. The number of imidazole rings is 1. The summed E-state index contributed by atoms with van der Waals surface area (Å²) in [5.41, 5.74) is 2.00. The number of aromatic nitrogens is 3. The fourth-order valence-corrected chi connectivity index (χ4v) is 2.24. The van der Waals surface area contributed by atoms with E-state index in [1.165, 1.54) is 12.1 Å². The molecule has 1 aromatic carbocycles. The van der Waals surface area contributed by atoms with Crippen molar-refractivity contribution in [3.8, 4) is 11.6 Å². The van der Waals surface area contributed by atoms with Gasteiger partial charge in [-0.15, -0.1) is 0 Å². The van der Waals surface area contributed by atoms with E-state index < -0.39 is 0 Å². The molecule has 2 aromatic heterocycles. The number of benzene rings is 1. The number of hydrogen-bond donors (Lipinski definition) is 1. The molecule has 0 unspecified atom stereocenters. The van der Waals surface area contributed by atoms with Gasteiger partial charge >= 0.3 is 0 Å². The molecule has 3 rings (SSSR count). The minimum atomic E-state index is -0.323. The van der Waals surface area contributed by atoms with Gasteiger partial charge in [-0.2, -0.15) is 4.98 Å². The molecule has 0 amide bonds. The first kappa shape index (κ1) is 11.9. The molecule has 0 aliphatic rings. The normalized spacial score (nSPS) is 10.8. The summed E-state index contributed by atoms with van der Waals surface area (Å²) < 4.78 is 20.6. The van der Waals surface area contributed by atoms with Crippen LogP contribution in [-0.4, -0.2) is 21.6 Å². The Kier molecular flexibility index (Phi) is 2.79. The van der Waals surface area contributed by atoms with Crippen LogP contribution < -0.4 is 4.74 Å². The number of ether oxygens (including phenoxy) is 1. The van der Waals surface area contributed by atoms with Gasteiger partial charge in [-0.3, -0.25) is 4.57 Å². The molecular weight excluding hydrogens is 265 g/mol. The first-order valence-electron chi connectivity index (χ1n) is 5.61. The van der Waals surface area contributed by atoms with Crippen LogP contribution in [0.4, 0.5) is 4.39 Å². The number of H-pyrrole nitrogens is 1. The second-order valence-corrected chi connectivity index (χ2v) is 4.36. The molecule has 3 aromatic rings. The maximum atomic E-state index is 13.3. The fraction of sp³-hybridized carbons (Fsp3) is 0.0769. The van der Waals surface area contributed by atoms with Crippen LogP contribution in [0.15, 0.2) is 36.4 Å². The quantitative estimate of drug-likeness (QED) is 0.730. The summed E-state index contributed by atoms with van der Waals surface area (Å²) in [6.07, 6.45) is 0. The van der Waals surface area contributed by atoms with Gasteiger partial charge in [0, 0.05) is 6.07 Å². The van der Waals surface area contributed by atoms with Crippen molar-refractivity contribution in [2.45, 2.75) is 0 Å². The van der Waals surface area contributed by atoms with E-state index in [1.807, 2.05) is 6.07 Å². The van der Waals surface area contributed by atoms with Gasteiger partial charge in [-0.25, -0.2) is 4.39 Å². The summed E-state index contributed by atoms with van der Waals surface area (Å²) in [5.74, 6) is 0.156. The Labute approximate surface area is 113 Å². The minimum absolute atomic E-state index is 0.323. The number of hydrogen-bond acceptors (Lipinski definition) is 3. The Morgan fingerprint density at radius 1 is 1.32 bits per heavy atom. The molecule has 0 saturated heterocycles. The summed E-state index contributed by atoms with van der Waals surface area (Å²) in [5, 5.41) is 0. The highest BCUT2D eigenvalue weighted by Gasteiger charge is 2.09. The standard InChI is InChI=1S/C13H10FN3OS/c1-18-11-6-5-10-12(16-11)17(13(19)15-10)9-4-2-3-8(14)7-9/h2-7H,1H3,(H,15,19). The van der Waals surface area contributed by atoms with E-state index in [4.69, 9.17) is 17.0 Å². The van der Waals surface area contributed by atoms with Crippen LogP contribution in [-0.2, 0) is 0 Å². The van der Waals surface area contributed by atoms with Gasteiger partial charge in [0.05, 0.1) is 18.3 Å². The number of pyridine rings is 1. The summed E-state index contributed by atoms with van der Waals surface area (Å²) in [6, 6.07) is 9.76. The van der Waals surface area contributed by atoms with Crippen molar-refractivity contribution >= 4 is 23.4 Å². The Hall–Kier alpha value is -2.21. The third-order valence-corrected chi connectivity index (χ3v) is 3.07. The van der Waals surface area contributed by atoms with Crippen molar-refractivity contribution in [2.24, 2.45) is 0 Å². The van der Waals surface area contributed by atoms with Gasteiger partial charge in [0.1, 0.15) is 5.82 Å². The summed E-state index contributed by atoms with van der Waals surface area (Å²) in [4.78, 5) is 7.37. The molecule has 0 atom stereocenters. The predicted molar refractivity (Wildman–Crippen MR) is 72.8 cm³/mol.